The number of rotatable bonds is 12. The first kappa shape index (κ1) is 33.0. The van der Waals surface area contributed by atoms with E-state index in [1.807, 2.05) is 11.3 Å². The smallest absolute Gasteiger partial charge is 0.219 e. The number of aromatic nitrogens is 1. The van der Waals surface area contributed by atoms with Gasteiger partial charge in [0.1, 0.15) is 5.69 Å². The van der Waals surface area contributed by atoms with Gasteiger partial charge in [-0.15, -0.1) is 11.3 Å². The minimum absolute atomic E-state index is 0.183. The monoisotopic (exact) mass is 638 g/mol. The molecule has 1 saturated heterocycles. The van der Waals surface area contributed by atoms with E-state index in [1.54, 1.807) is 0 Å². The van der Waals surface area contributed by atoms with Crippen LogP contribution in [0.25, 0.3) is 0 Å². The van der Waals surface area contributed by atoms with Gasteiger partial charge in [0.05, 0.1) is 11.6 Å². The molecule has 0 amide bonds. The zero-order valence-electron chi connectivity index (χ0n) is 28.5. The molecule has 1 aliphatic heterocycles. The highest BCUT2D eigenvalue weighted by molar-refractivity contribution is 7.10. The van der Waals surface area contributed by atoms with E-state index in [1.165, 1.54) is 34.4 Å². The van der Waals surface area contributed by atoms with Gasteiger partial charge in [-0.05, 0) is 118 Å². The number of nitrogens with zero attached hydrogens (tertiary/aromatic N) is 3. The summed E-state index contributed by atoms with van der Waals surface area (Å²) in [5, 5.41) is 2.19. The molecular formula is C40H54N4OS. The van der Waals surface area contributed by atoms with Crippen LogP contribution >= 0.6 is 11.3 Å². The Morgan fingerprint density at radius 2 is 1.54 bits per heavy atom. The summed E-state index contributed by atoms with van der Waals surface area (Å²) in [5.41, 5.74) is 12.0. The van der Waals surface area contributed by atoms with Crippen LogP contribution in [0.15, 0.2) is 76.5 Å². The molecule has 246 valence electrons. The van der Waals surface area contributed by atoms with Crippen molar-refractivity contribution in [1.29, 1.82) is 0 Å². The molecule has 6 heteroatoms. The normalized spacial score (nSPS) is 21.4. The standard InChI is InChI=1S/C40H54N4OS/c1-5-43(6-2)36(33-17-19-34(20-18-33)40(4,41)37-29(3)23-26-46-37)38-42-35(28-31-15-11-8-12-16-31)39(45-38)44-24-21-32(22-25-44)27-30-13-9-7-10-14-30/h7-16,23,26,32-34,36H,5-6,17-22,24-25,27-28,41H2,1-4H3. The molecule has 2 aliphatic rings. The molecule has 0 radical (unpaired) electrons. The van der Waals surface area contributed by atoms with Crippen molar-refractivity contribution < 1.29 is 4.42 Å². The third-order valence-corrected chi connectivity index (χ3v) is 12.3. The number of nitrogens with two attached hydrogens (primary N) is 1. The Morgan fingerprint density at radius 1 is 0.913 bits per heavy atom. The van der Waals surface area contributed by atoms with Gasteiger partial charge in [0.25, 0.3) is 0 Å². The summed E-state index contributed by atoms with van der Waals surface area (Å²) in [7, 11) is 0. The van der Waals surface area contributed by atoms with Gasteiger partial charge in [0, 0.05) is 24.4 Å². The lowest BCUT2D eigenvalue weighted by atomic mass is 9.70. The fourth-order valence-electron chi connectivity index (χ4n) is 8.34. The van der Waals surface area contributed by atoms with E-state index < -0.39 is 0 Å². The van der Waals surface area contributed by atoms with E-state index in [0.717, 1.165) is 82.2 Å². The Bertz CT molecular complexity index is 1490. The van der Waals surface area contributed by atoms with Gasteiger partial charge in [-0.1, -0.05) is 74.5 Å². The SMILES string of the molecule is CCN(CC)C(c1nc(Cc2ccccc2)c(N2CCC(Cc3ccccc3)CC2)o1)C1CCC(C(C)(N)c2sccc2C)CC1. The number of thiophene rings is 1. The number of benzene rings is 2. The highest BCUT2D eigenvalue weighted by Gasteiger charge is 2.41. The van der Waals surface area contributed by atoms with Crippen LogP contribution in [0.4, 0.5) is 5.88 Å². The predicted octanol–water partition coefficient (Wildman–Crippen LogP) is 9.16. The largest absolute Gasteiger partial charge is 0.423 e. The number of piperidine rings is 1. The van der Waals surface area contributed by atoms with Gasteiger partial charge >= 0.3 is 0 Å². The molecule has 1 aliphatic carbocycles. The number of hydrogen-bond donors (Lipinski definition) is 1. The highest BCUT2D eigenvalue weighted by Crippen LogP contribution is 2.47. The van der Waals surface area contributed by atoms with Crippen molar-refractivity contribution in [2.75, 3.05) is 31.1 Å². The molecule has 3 heterocycles. The topological polar surface area (TPSA) is 58.5 Å². The van der Waals surface area contributed by atoms with Crippen LogP contribution in [0.2, 0.25) is 0 Å². The van der Waals surface area contributed by atoms with E-state index in [4.69, 9.17) is 15.1 Å². The highest BCUT2D eigenvalue weighted by atomic mass is 32.1. The maximum absolute atomic E-state index is 7.10. The van der Waals surface area contributed by atoms with E-state index in [9.17, 15) is 0 Å². The lowest BCUT2D eigenvalue weighted by Gasteiger charge is -2.42. The van der Waals surface area contributed by atoms with Crippen LogP contribution < -0.4 is 10.6 Å². The Labute approximate surface area is 281 Å². The fraction of sp³-hybridized carbons (Fsp3) is 0.525. The molecule has 5 nitrogen and oxygen atoms in total. The Kier molecular flexibility index (Phi) is 10.7. The van der Waals surface area contributed by atoms with Crippen LogP contribution in [-0.4, -0.2) is 36.1 Å². The lowest BCUT2D eigenvalue weighted by molar-refractivity contribution is 0.0792. The van der Waals surface area contributed by atoms with Gasteiger partial charge in [0.15, 0.2) is 0 Å². The first-order valence-corrected chi connectivity index (χ1v) is 18.6. The van der Waals surface area contributed by atoms with Crippen molar-refractivity contribution in [2.24, 2.45) is 23.5 Å². The molecule has 2 fully saturated rings. The quantitative estimate of drug-likeness (QED) is 0.168. The second-order valence-electron chi connectivity index (χ2n) is 14.1. The maximum atomic E-state index is 7.10. The van der Waals surface area contributed by atoms with Crippen molar-refractivity contribution in [3.8, 4) is 0 Å². The van der Waals surface area contributed by atoms with Gasteiger partial charge in [-0.2, -0.15) is 0 Å². The van der Waals surface area contributed by atoms with Crippen LogP contribution in [0.3, 0.4) is 0 Å². The van der Waals surface area contributed by atoms with E-state index in [0.29, 0.717) is 17.8 Å². The van der Waals surface area contributed by atoms with Crippen molar-refractivity contribution in [2.45, 2.75) is 90.6 Å². The van der Waals surface area contributed by atoms with Crippen molar-refractivity contribution in [3.63, 3.8) is 0 Å². The average Bonchev–Trinajstić information content (AvgIpc) is 3.71. The molecule has 1 saturated carbocycles. The lowest BCUT2D eigenvalue weighted by Crippen LogP contribution is -2.44. The van der Waals surface area contributed by atoms with Gasteiger partial charge < -0.3 is 15.1 Å². The molecule has 2 aromatic carbocycles. The van der Waals surface area contributed by atoms with Crippen LogP contribution in [0, 0.1) is 24.7 Å². The molecule has 6 rings (SSSR count). The zero-order valence-corrected chi connectivity index (χ0v) is 29.3. The molecule has 2 unspecified atom stereocenters. The van der Waals surface area contributed by atoms with E-state index in [-0.39, 0.29) is 11.6 Å². The summed E-state index contributed by atoms with van der Waals surface area (Å²) >= 11 is 1.82. The van der Waals surface area contributed by atoms with Gasteiger partial charge in [-0.25, -0.2) is 4.98 Å². The number of anilines is 1. The molecule has 46 heavy (non-hydrogen) atoms. The van der Waals surface area contributed by atoms with Gasteiger partial charge in [-0.3, -0.25) is 4.90 Å². The number of hydrogen-bond acceptors (Lipinski definition) is 6. The summed E-state index contributed by atoms with van der Waals surface area (Å²) in [6, 6.07) is 24.2. The zero-order chi connectivity index (χ0) is 32.1. The summed E-state index contributed by atoms with van der Waals surface area (Å²) in [6.45, 7) is 13.0. The molecular weight excluding hydrogens is 585 g/mol. The van der Waals surface area contributed by atoms with Crippen LogP contribution in [-0.2, 0) is 18.4 Å². The Balaban J connectivity index is 1.23. The van der Waals surface area contributed by atoms with Crippen LogP contribution in [0.1, 0.15) is 98.5 Å². The third-order valence-electron chi connectivity index (χ3n) is 11.1. The molecule has 0 spiro atoms. The number of oxazole rings is 1. The minimum atomic E-state index is -0.278. The summed E-state index contributed by atoms with van der Waals surface area (Å²) < 4.78 is 7.00. The second kappa shape index (κ2) is 14.9. The fourth-order valence-corrected chi connectivity index (χ4v) is 9.43. The number of aryl methyl sites for hydroxylation is 1. The van der Waals surface area contributed by atoms with E-state index in [2.05, 4.69) is 110 Å². The average molecular weight is 639 g/mol. The second-order valence-corrected chi connectivity index (χ2v) is 15.0. The summed E-state index contributed by atoms with van der Waals surface area (Å²) in [5.74, 6) is 3.63. The minimum Gasteiger partial charge on any atom is -0.423 e. The molecule has 2 atom stereocenters. The van der Waals surface area contributed by atoms with Crippen molar-refractivity contribution >= 4 is 17.2 Å². The van der Waals surface area contributed by atoms with Crippen LogP contribution in [0.5, 0.6) is 0 Å². The maximum Gasteiger partial charge on any atom is 0.219 e. The Hall–Kier alpha value is -2.93. The van der Waals surface area contributed by atoms with E-state index >= 15 is 0 Å². The van der Waals surface area contributed by atoms with Crippen molar-refractivity contribution in [3.05, 3.63) is 105 Å². The predicted molar refractivity (Wildman–Crippen MR) is 193 cm³/mol. The summed E-state index contributed by atoms with van der Waals surface area (Å²) in [6.07, 6.45) is 8.92. The molecule has 4 aromatic rings. The molecule has 0 bridgehead atoms. The third kappa shape index (κ3) is 7.30. The van der Waals surface area contributed by atoms with Gasteiger partial charge in [0.2, 0.25) is 11.8 Å². The Morgan fingerprint density at radius 3 is 2.13 bits per heavy atom. The van der Waals surface area contributed by atoms with Crippen molar-refractivity contribution in [1.82, 2.24) is 9.88 Å². The first-order valence-electron chi connectivity index (χ1n) is 17.8. The molecule has 2 N–H and O–H groups in total. The molecule has 2 aromatic heterocycles. The summed E-state index contributed by atoms with van der Waals surface area (Å²) in [4.78, 5) is 11.8. The first-order chi connectivity index (χ1) is 22.4.